The highest BCUT2D eigenvalue weighted by Crippen LogP contribution is 1.93. The average Bonchev–Trinajstić information content (AvgIpc) is 2.10. The molecule has 0 unspecified atom stereocenters. The maximum absolute atomic E-state index is 7.50. The van der Waals surface area contributed by atoms with Crippen LogP contribution in [0.5, 0.6) is 0 Å². The van der Waals surface area contributed by atoms with Crippen LogP contribution in [0, 0.1) is 16.4 Å². The van der Waals surface area contributed by atoms with Gasteiger partial charge in [-0.3, -0.25) is 0 Å². The van der Waals surface area contributed by atoms with Crippen molar-refractivity contribution in [2.75, 3.05) is 0 Å². The topological polar surface area (TPSA) is 40.9 Å². The lowest BCUT2D eigenvalue weighted by molar-refractivity contribution is 0.626. The molecule has 0 fully saturated rings. The number of unbranched alkanes of at least 4 members (excludes halogenated alkanes) is 2. The highest BCUT2D eigenvalue weighted by molar-refractivity contribution is 4.32. The summed E-state index contributed by atoms with van der Waals surface area (Å²) >= 11 is 0. The van der Waals surface area contributed by atoms with Crippen LogP contribution in [0.2, 0.25) is 0 Å². The zero-order valence-electron chi connectivity index (χ0n) is 9.31. The van der Waals surface area contributed by atoms with E-state index in [9.17, 15) is 0 Å². The molecule has 0 aliphatic rings. The summed E-state index contributed by atoms with van der Waals surface area (Å²) in [5.74, 6) is 0.884. The predicted molar refractivity (Wildman–Crippen MR) is 56.4 cm³/mol. The van der Waals surface area contributed by atoms with E-state index in [0.29, 0.717) is 0 Å². The van der Waals surface area contributed by atoms with Gasteiger partial charge in [0.2, 0.25) is 0 Å². The van der Waals surface area contributed by atoms with Crippen molar-refractivity contribution in [1.82, 2.24) is 0 Å². The molecule has 2 nitrogen and oxygen atoms in total. The fourth-order valence-electron chi connectivity index (χ4n) is 0.354. The van der Waals surface area contributed by atoms with E-state index in [1.165, 1.54) is 25.7 Å². The number of rotatable bonds is 3. The van der Waals surface area contributed by atoms with Crippen molar-refractivity contribution in [2.24, 2.45) is 5.92 Å². The minimum atomic E-state index is 0.884. The van der Waals surface area contributed by atoms with E-state index in [1.54, 1.807) is 0 Å². The average molecular weight is 175 g/mol. The molecule has 0 spiro atoms. The SMILES string of the molecule is CCC(C)C.CCCCC.N=O. The Labute approximate surface area is 77.5 Å². The first-order valence-electron chi connectivity index (χ1n) is 4.89. The molecule has 0 aromatic heterocycles. The van der Waals surface area contributed by atoms with Gasteiger partial charge in [0.15, 0.2) is 0 Å². The van der Waals surface area contributed by atoms with Crippen LogP contribution in [0.4, 0.5) is 0 Å². The second-order valence-electron chi connectivity index (χ2n) is 3.16. The van der Waals surface area contributed by atoms with Gasteiger partial charge in [-0.15, -0.1) is 0 Å². The fourth-order valence-corrected chi connectivity index (χ4v) is 0.354. The van der Waals surface area contributed by atoms with Gasteiger partial charge < -0.3 is 0 Å². The Morgan fingerprint density at radius 1 is 1.00 bits per heavy atom. The van der Waals surface area contributed by atoms with Gasteiger partial charge in [-0.1, -0.05) is 65.9 Å². The number of nitroso groups, excluding NO2 is 1. The molecule has 0 aromatic carbocycles. The minimum Gasteiger partial charge on any atom is -0.154 e. The second kappa shape index (κ2) is 22.4. The molecule has 0 bridgehead atoms. The van der Waals surface area contributed by atoms with Gasteiger partial charge in [-0.2, -0.15) is 4.91 Å². The van der Waals surface area contributed by atoms with Crippen molar-refractivity contribution < 1.29 is 0 Å². The Hall–Kier alpha value is -0.400. The largest absolute Gasteiger partial charge is 0.154 e. The summed E-state index contributed by atoms with van der Waals surface area (Å²) in [5.41, 5.74) is 4.50. The van der Waals surface area contributed by atoms with Gasteiger partial charge in [0.05, 0.1) is 0 Å². The first kappa shape index (κ1) is 17.6. The molecule has 2 heteroatoms. The van der Waals surface area contributed by atoms with Gasteiger partial charge in [-0.25, -0.2) is 0 Å². The van der Waals surface area contributed by atoms with Crippen LogP contribution < -0.4 is 0 Å². The maximum atomic E-state index is 7.50. The van der Waals surface area contributed by atoms with Gasteiger partial charge in [-0.05, 0) is 5.92 Å². The van der Waals surface area contributed by atoms with E-state index in [4.69, 9.17) is 4.91 Å². The van der Waals surface area contributed by atoms with Crippen LogP contribution in [0.25, 0.3) is 0 Å². The van der Waals surface area contributed by atoms with Gasteiger partial charge in [0.1, 0.15) is 0 Å². The van der Waals surface area contributed by atoms with Gasteiger partial charge >= 0.3 is 0 Å². The lowest BCUT2D eigenvalue weighted by Crippen LogP contribution is -1.77. The molecular formula is C10H25NO. The monoisotopic (exact) mass is 175 g/mol. The Bertz CT molecular complexity index is 53.8. The predicted octanol–water partition coefficient (Wildman–Crippen LogP) is 4.58. The molecule has 12 heavy (non-hydrogen) atoms. The molecule has 0 saturated carbocycles. The summed E-state index contributed by atoms with van der Waals surface area (Å²) in [6.07, 6.45) is 5.38. The Kier molecular flexibility index (Phi) is 32.9. The van der Waals surface area contributed by atoms with E-state index in [2.05, 4.69) is 40.2 Å². The van der Waals surface area contributed by atoms with Crippen LogP contribution in [0.1, 0.15) is 60.3 Å². The first-order chi connectivity index (χ1) is 5.68. The molecule has 0 aliphatic heterocycles. The quantitative estimate of drug-likeness (QED) is 0.627. The van der Waals surface area contributed by atoms with Gasteiger partial charge in [0.25, 0.3) is 0 Å². The normalized spacial score (nSPS) is 7.83. The zero-order chi connectivity index (χ0) is 10.4. The fraction of sp³-hybridized carbons (Fsp3) is 1.00. The molecule has 0 rings (SSSR count). The summed E-state index contributed by atoms with van der Waals surface area (Å²) < 4.78 is 0. The summed E-state index contributed by atoms with van der Waals surface area (Å²) in [6, 6.07) is 0. The third-order valence-electron chi connectivity index (χ3n) is 1.52. The number of hydrogen-bond donors (Lipinski definition) is 1. The molecule has 0 heterocycles. The lowest BCUT2D eigenvalue weighted by Gasteiger charge is -1.90. The molecule has 0 radical (unpaired) electrons. The van der Waals surface area contributed by atoms with Crippen molar-refractivity contribution >= 4 is 0 Å². The zero-order valence-corrected chi connectivity index (χ0v) is 9.31. The van der Waals surface area contributed by atoms with Crippen molar-refractivity contribution in [3.05, 3.63) is 4.91 Å². The summed E-state index contributed by atoms with van der Waals surface area (Å²) in [4.78, 5) is 7.50. The van der Waals surface area contributed by atoms with Crippen LogP contribution >= 0.6 is 0 Å². The Morgan fingerprint density at radius 3 is 1.25 bits per heavy atom. The van der Waals surface area contributed by atoms with E-state index in [1.807, 2.05) is 0 Å². The van der Waals surface area contributed by atoms with Crippen LogP contribution in [0.3, 0.4) is 0 Å². The maximum Gasteiger partial charge on any atom is -0.0474 e. The third-order valence-corrected chi connectivity index (χ3v) is 1.52. The first-order valence-corrected chi connectivity index (χ1v) is 4.89. The van der Waals surface area contributed by atoms with E-state index in [0.717, 1.165) is 5.92 Å². The smallest absolute Gasteiger partial charge is 0.0474 e. The van der Waals surface area contributed by atoms with Crippen LogP contribution in [-0.2, 0) is 0 Å². The number of hydrogen-bond acceptors (Lipinski definition) is 2. The molecule has 76 valence electrons. The third kappa shape index (κ3) is 54.8. The van der Waals surface area contributed by atoms with E-state index < -0.39 is 0 Å². The van der Waals surface area contributed by atoms with Crippen LogP contribution in [-0.4, -0.2) is 0 Å². The molecule has 0 amide bonds. The van der Waals surface area contributed by atoms with E-state index in [-0.39, 0.29) is 0 Å². The minimum absolute atomic E-state index is 0.884. The molecule has 0 aromatic rings. The van der Waals surface area contributed by atoms with E-state index >= 15 is 0 Å². The van der Waals surface area contributed by atoms with Crippen LogP contribution in [0.15, 0.2) is 0 Å². The van der Waals surface area contributed by atoms with Crippen molar-refractivity contribution in [3.63, 3.8) is 0 Å². The van der Waals surface area contributed by atoms with Crippen molar-refractivity contribution in [3.8, 4) is 0 Å². The molecule has 0 atom stereocenters. The molecule has 1 N–H and O–H groups in total. The van der Waals surface area contributed by atoms with Crippen molar-refractivity contribution in [2.45, 2.75) is 60.3 Å². The van der Waals surface area contributed by atoms with Gasteiger partial charge in [0, 0.05) is 0 Å². The summed E-state index contributed by atoms with van der Waals surface area (Å²) in [6.45, 7) is 11.1. The highest BCUT2D eigenvalue weighted by atomic mass is 16.2. The lowest BCUT2D eigenvalue weighted by atomic mass is 10.2. The molecule has 0 aliphatic carbocycles. The second-order valence-corrected chi connectivity index (χ2v) is 3.16. The van der Waals surface area contributed by atoms with Crippen molar-refractivity contribution in [1.29, 1.82) is 5.59 Å². The molecule has 0 saturated heterocycles. The summed E-state index contributed by atoms with van der Waals surface area (Å²) in [7, 11) is 0. The molecular weight excluding hydrogens is 150 g/mol. The standard InChI is InChI=1S/2C5H12.HNO/c1-4-5(2)3;1-3-5-4-2;1-2/h5H,4H2,1-3H3;3-5H2,1-2H3;1H. The highest BCUT2D eigenvalue weighted by Gasteiger charge is 1.80. The Morgan fingerprint density at radius 2 is 1.25 bits per heavy atom. The Balaban J connectivity index is -0.000000112. The number of nitrogens with one attached hydrogen (secondary N) is 1. The summed E-state index contributed by atoms with van der Waals surface area (Å²) in [5, 5.41) is 0.